The first-order valence-electron chi connectivity index (χ1n) is 11.6. The second kappa shape index (κ2) is 11.9. The van der Waals surface area contributed by atoms with Gasteiger partial charge in [0.15, 0.2) is 0 Å². The number of nitrogen functional groups attached to an aromatic ring is 1. The standard InChI is InChI=1S/C24H25Cl2N7O4S/c1-31-22(35)19(38-17-4-2-3-15(25)18(17)26)20(27)30-23(31)33-11-9-32(10-12-33)21(34)16(29-24(36)37)13-14-5-7-28-8-6-14/h2-8,16,29H,9-13,27H2,1H3,(H,36,37)/t16-/m1/s1. The van der Waals surface area contributed by atoms with E-state index in [2.05, 4.69) is 15.3 Å². The molecule has 2 aromatic heterocycles. The van der Waals surface area contributed by atoms with Crippen LogP contribution in [-0.4, -0.2) is 68.8 Å². The van der Waals surface area contributed by atoms with Crippen LogP contribution in [0.2, 0.25) is 10.0 Å². The molecule has 3 aromatic rings. The van der Waals surface area contributed by atoms with Gasteiger partial charge in [0.25, 0.3) is 5.56 Å². The van der Waals surface area contributed by atoms with E-state index in [1.165, 1.54) is 4.57 Å². The molecule has 0 bridgehead atoms. The number of nitrogens with one attached hydrogen (secondary N) is 1. The number of nitrogens with zero attached hydrogens (tertiary/aromatic N) is 5. The number of carboxylic acid groups (broad SMARTS) is 1. The Morgan fingerprint density at radius 3 is 2.50 bits per heavy atom. The van der Waals surface area contributed by atoms with Crippen molar-refractivity contribution in [2.45, 2.75) is 22.3 Å². The maximum Gasteiger partial charge on any atom is 0.405 e. The smallest absolute Gasteiger partial charge is 0.405 e. The van der Waals surface area contributed by atoms with Crippen molar-refractivity contribution < 1.29 is 14.7 Å². The highest BCUT2D eigenvalue weighted by molar-refractivity contribution is 7.99. The molecule has 200 valence electrons. The third-order valence-electron chi connectivity index (χ3n) is 6.04. The average Bonchev–Trinajstić information content (AvgIpc) is 2.90. The van der Waals surface area contributed by atoms with Crippen molar-refractivity contribution in [1.82, 2.24) is 24.8 Å². The Bertz CT molecular complexity index is 1400. The Morgan fingerprint density at radius 1 is 1.16 bits per heavy atom. The predicted octanol–water partition coefficient (Wildman–Crippen LogP) is 2.74. The fourth-order valence-electron chi connectivity index (χ4n) is 4.09. The van der Waals surface area contributed by atoms with Crippen LogP contribution in [-0.2, 0) is 18.3 Å². The number of benzene rings is 1. The van der Waals surface area contributed by atoms with E-state index in [4.69, 9.17) is 28.9 Å². The molecule has 2 amide bonds. The number of carbonyl (C=O) groups excluding carboxylic acids is 1. The molecule has 1 aliphatic heterocycles. The highest BCUT2D eigenvalue weighted by Crippen LogP contribution is 2.37. The van der Waals surface area contributed by atoms with Crippen LogP contribution in [0.1, 0.15) is 5.56 Å². The molecule has 0 aliphatic carbocycles. The van der Waals surface area contributed by atoms with E-state index in [1.807, 2.05) is 4.90 Å². The Morgan fingerprint density at radius 2 is 1.84 bits per heavy atom. The molecule has 4 N–H and O–H groups in total. The Balaban J connectivity index is 1.47. The van der Waals surface area contributed by atoms with Crippen molar-refractivity contribution in [3.05, 3.63) is 68.7 Å². The molecule has 1 saturated heterocycles. The summed E-state index contributed by atoms with van der Waals surface area (Å²) in [5.41, 5.74) is 6.64. The zero-order valence-corrected chi connectivity index (χ0v) is 22.6. The van der Waals surface area contributed by atoms with E-state index in [0.717, 1.165) is 17.3 Å². The molecule has 11 nitrogen and oxygen atoms in total. The quantitative estimate of drug-likeness (QED) is 0.385. The molecule has 0 unspecified atom stereocenters. The SMILES string of the molecule is Cn1c(N2CCN(C(=O)[C@@H](Cc3ccncc3)NC(=O)O)CC2)nc(N)c(Sc2cccc(Cl)c2Cl)c1=O. The summed E-state index contributed by atoms with van der Waals surface area (Å²) in [5, 5.41) is 12.3. The summed E-state index contributed by atoms with van der Waals surface area (Å²) in [6.45, 7) is 1.40. The van der Waals surface area contributed by atoms with E-state index >= 15 is 0 Å². The lowest BCUT2D eigenvalue weighted by Gasteiger charge is -2.37. The lowest BCUT2D eigenvalue weighted by molar-refractivity contribution is -0.133. The van der Waals surface area contributed by atoms with Crippen molar-refractivity contribution in [2.75, 3.05) is 36.8 Å². The van der Waals surface area contributed by atoms with Crippen molar-refractivity contribution in [2.24, 2.45) is 7.05 Å². The summed E-state index contributed by atoms with van der Waals surface area (Å²) in [7, 11) is 1.60. The molecule has 3 heterocycles. The lowest BCUT2D eigenvalue weighted by atomic mass is 10.1. The summed E-state index contributed by atoms with van der Waals surface area (Å²) in [5.74, 6) is 0.110. The molecular formula is C24H25Cl2N7O4S. The number of hydrogen-bond donors (Lipinski definition) is 3. The number of amides is 2. The first kappa shape index (κ1) is 27.6. The maximum absolute atomic E-state index is 13.2. The number of hydrogen-bond acceptors (Lipinski definition) is 8. The fraction of sp³-hybridized carbons (Fsp3) is 0.292. The summed E-state index contributed by atoms with van der Waals surface area (Å²) in [6, 6.07) is 7.66. The van der Waals surface area contributed by atoms with Crippen LogP contribution >= 0.6 is 35.0 Å². The third kappa shape index (κ3) is 6.14. The number of anilines is 2. The Labute approximate surface area is 232 Å². The molecule has 1 aliphatic rings. The maximum atomic E-state index is 13.2. The second-order valence-electron chi connectivity index (χ2n) is 8.52. The molecule has 1 aromatic carbocycles. The van der Waals surface area contributed by atoms with Crippen molar-refractivity contribution in [3.8, 4) is 0 Å². The molecule has 0 saturated carbocycles. The summed E-state index contributed by atoms with van der Waals surface area (Å²) < 4.78 is 1.41. The monoisotopic (exact) mass is 577 g/mol. The van der Waals surface area contributed by atoms with Gasteiger partial charge in [-0.25, -0.2) is 4.79 Å². The normalized spacial score (nSPS) is 14.3. The molecule has 4 rings (SSSR count). The van der Waals surface area contributed by atoms with Gasteiger partial charge >= 0.3 is 6.09 Å². The van der Waals surface area contributed by atoms with Gasteiger partial charge in [0.05, 0.1) is 10.0 Å². The van der Waals surface area contributed by atoms with Gasteiger partial charge < -0.3 is 26.0 Å². The van der Waals surface area contributed by atoms with Crippen LogP contribution in [0.3, 0.4) is 0 Å². The van der Waals surface area contributed by atoms with Gasteiger partial charge in [-0.15, -0.1) is 0 Å². The van der Waals surface area contributed by atoms with E-state index in [0.29, 0.717) is 47.1 Å². The van der Waals surface area contributed by atoms with Crippen LogP contribution in [0.4, 0.5) is 16.6 Å². The van der Waals surface area contributed by atoms with Crippen molar-refractivity contribution in [1.29, 1.82) is 0 Å². The van der Waals surface area contributed by atoms with Gasteiger partial charge in [-0.05, 0) is 29.8 Å². The van der Waals surface area contributed by atoms with Gasteiger partial charge in [0.2, 0.25) is 11.9 Å². The highest BCUT2D eigenvalue weighted by atomic mass is 35.5. The molecule has 14 heteroatoms. The zero-order chi connectivity index (χ0) is 27.4. The topological polar surface area (TPSA) is 147 Å². The number of nitrogens with two attached hydrogens (primary N) is 1. The van der Waals surface area contributed by atoms with Gasteiger partial charge in [0.1, 0.15) is 16.8 Å². The van der Waals surface area contributed by atoms with E-state index in [-0.39, 0.29) is 28.6 Å². The van der Waals surface area contributed by atoms with E-state index in [1.54, 1.807) is 54.7 Å². The van der Waals surface area contributed by atoms with Crippen molar-refractivity contribution >= 4 is 58.7 Å². The van der Waals surface area contributed by atoms with Crippen LogP contribution in [0.25, 0.3) is 0 Å². The molecule has 1 fully saturated rings. The predicted molar refractivity (Wildman–Crippen MR) is 146 cm³/mol. The number of piperazine rings is 1. The van der Waals surface area contributed by atoms with Crippen LogP contribution in [0.5, 0.6) is 0 Å². The van der Waals surface area contributed by atoms with Crippen LogP contribution in [0.15, 0.2) is 57.3 Å². The van der Waals surface area contributed by atoms with E-state index in [9.17, 15) is 19.5 Å². The number of carbonyl (C=O) groups is 2. The summed E-state index contributed by atoms with van der Waals surface area (Å²) in [6.07, 6.45) is 2.11. The largest absolute Gasteiger partial charge is 0.465 e. The lowest BCUT2D eigenvalue weighted by Crippen LogP contribution is -2.56. The summed E-state index contributed by atoms with van der Waals surface area (Å²) >= 11 is 13.5. The van der Waals surface area contributed by atoms with Crippen LogP contribution in [0, 0.1) is 0 Å². The van der Waals surface area contributed by atoms with Crippen molar-refractivity contribution in [3.63, 3.8) is 0 Å². The summed E-state index contributed by atoms with van der Waals surface area (Å²) in [4.78, 5) is 50.4. The number of rotatable bonds is 7. The number of halogens is 2. The molecule has 38 heavy (non-hydrogen) atoms. The van der Waals surface area contributed by atoms with Gasteiger partial charge in [-0.1, -0.05) is 41.0 Å². The first-order chi connectivity index (χ1) is 18.2. The number of aromatic nitrogens is 3. The number of pyridine rings is 1. The van der Waals surface area contributed by atoms with E-state index < -0.39 is 12.1 Å². The van der Waals surface area contributed by atoms with Gasteiger partial charge in [0, 0.05) is 56.9 Å². The second-order valence-corrected chi connectivity index (χ2v) is 10.4. The minimum Gasteiger partial charge on any atom is -0.465 e. The van der Waals surface area contributed by atoms with Crippen LogP contribution < -0.4 is 21.5 Å². The Hall–Kier alpha value is -3.48. The molecule has 1 atom stereocenters. The average molecular weight is 578 g/mol. The first-order valence-corrected chi connectivity index (χ1v) is 13.1. The third-order valence-corrected chi connectivity index (χ3v) is 8.12. The minimum atomic E-state index is -1.28. The minimum absolute atomic E-state index is 0.0609. The fourth-order valence-corrected chi connectivity index (χ4v) is 5.50. The molecule has 0 radical (unpaired) electrons. The van der Waals surface area contributed by atoms with Gasteiger partial charge in [-0.3, -0.25) is 19.1 Å². The Kier molecular flexibility index (Phi) is 8.65. The zero-order valence-electron chi connectivity index (χ0n) is 20.3. The molecular weight excluding hydrogens is 553 g/mol. The molecule has 0 spiro atoms. The van der Waals surface area contributed by atoms with Gasteiger partial charge in [-0.2, -0.15) is 4.98 Å². The highest BCUT2D eigenvalue weighted by Gasteiger charge is 2.30.